The molecule has 2 nitrogen and oxygen atoms in total. The van der Waals surface area contributed by atoms with E-state index in [0.717, 1.165) is 18.4 Å². The fourth-order valence-electron chi connectivity index (χ4n) is 2.81. The van der Waals surface area contributed by atoms with Crippen molar-refractivity contribution in [3.63, 3.8) is 0 Å². The molecule has 0 heterocycles. The first-order chi connectivity index (χ1) is 8.27. The van der Waals surface area contributed by atoms with Gasteiger partial charge >= 0.3 is 0 Å². The summed E-state index contributed by atoms with van der Waals surface area (Å²) in [6.45, 7) is 6.42. The maximum atomic E-state index is 5.83. The number of hydrogen-bond donors (Lipinski definition) is 1. The molecule has 0 aromatic rings. The van der Waals surface area contributed by atoms with Crippen LogP contribution in [0.25, 0.3) is 0 Å². The van der Waals surface area contributed by atoms with Gasteiger partial charge in [-0.3, -0.25) is 5.32 Å². The number of hydrogen-bond acceptors (Lipinski definition) is 2. The Morgan fingerprint density at radius 3 is 2.82 bits per heavy atom. The van der Waals surface area contributed by atoms with Gasteiger partial charge < -0.3 is 4.74 Å². The first-order valence-electron chi connectivity index (χ1n) is 7.31. The van der Waals surface area contributed by atoms with Gasteiger partial charge in [-0.05, 0) is 37.2 Å². The fourth-order valence-corrected chi connectivity index (χ4v) is 2.81. The number of ether oxygens (including phenoxy) is 1. The first-order valence-corrected chi connectivity index (χ1v) is 7.31. The van der Waals surface area contributed by atoms with E-state index in [1.54, 1.807) is 0 Å². The van der Waals surface area contributed by atoms with Crippen LogP contribution < -0.4 is 5.32 Å². The molecule has 0 radical (unpaired) electrons. The van der Waals surface area contributed by atoms with Gasteiger partial charge in [0.25, 0.3) is 0 Å². The second-order valence-corrected chi connectivity index (χ2v) is 5.85. The molecule has 0 spiro atoms. The Balaban J connectivity index is 1.57. The van der Waals surface area contributed by atoms with Crippen molar-refractivity contribution < 1.29 is 4.74 Å². The highest BCUT2D eigenvalue weighted by Crippen LogP contribution is 2.32. The lowest BCUT2D eigenvalue weighted by Gasteiger charge is -2.31. The molecule has 0 aromatic carbocycles. The van der Waals surface area contributed by atoms with E-state index < -0.39 is 0 Å². The van der Waals surface area contributed by atoms with Crippen molar-refractivity contribution in [3.8, 4) is 0 Å². The number of rotatable bonds is 6. The molecule has 2 heteroatoms. The summed E-state index contributed by atoms with van der Waals surface area (Å²) in [7, 11) is 0. The molecule has 1 saturated carbocycles. The topological polar surface area (TPSA) is 21.3 Å². The largest absolute Gasteiger partial charge is 0.483 e. The van der Waals surface area contributed by atoms with Gasteiger partial charge in [0.05, 0.1) is 5.76 Å². The predicted octanol–water partition coefficient (Wildman–Crippen LogP) is 3.69. The smallest absolute Gasteiger partial charge is 0.139 e. The van der Waals surface area contributed by atoms with Crippen LogP contribution in [0.1, 0.15) is 52.4 Å². The van der Waals surface area contributed by atoms with Crippen LogP contribution in [0.2, 0.25) is 0 Å². The maximum Gasteiger partial charge on any atom is 0.139 e. The Morgan fingerprint density at radius 2 is 2.18 bits per heavy atom. The molecule has 1 N–H and O–H groups in total. The molecule has 2 unspecified atom stereocenters. The van der Waals surface area contributed by atoms with Gasteiger partial charge in [0.1, 0.15) is 6.73 Å². The average Bonchev–Trinajstić information content (AvgIpc) is 2.24. The normalized spacial score (nSPS) is 27.2. The molecule has 98 valence electrons. The van der Waals surface area contributed by atoms with Gasteiger partial charge in [-0.1, -0.05) is 33.1 Å². The molecule has 0 bridgehead atoms. The molecular weight excluding hydrogens is 210 g/mol. The van der Waals surface area contributed by atoms with Crippen LogP contribution in [0.4, 0.5) is 0 Å². The van der Waals surface area contributed by atoms with Crippen LogP contribution in [-0.4, -0.2) is 13.3 Å². The van der Waals surface area contributed by atoms with Crippen LogP contribution in [0.3, 0.4) is 0 Å². The predicted molar refractivity (Wildman–Crippen MR) is 71.6 cm³/mol. The Hall–Kier alpha value is -0.500. The van der Waals surface area contributed by atoms with E-state index in [0.29, 0.717) is 12.6 Å². The van der Waals surface area contributed by atoms with Crippen LogP contribution >= 0.6 is 0 Å². The summed E-state index contributed by atoms with van der Waals surface area (Å²) in [5.41, 5.74) is 0. The van der Waals surface area contributed by atoms with E-state index in [-0.39, 0.29) is 0 Å². The Bertz CT molecular complexity index is 258. The molecule has 17 heavy (non-hydrogen) atoms. The zero-order valence-electron chi connectivity index (χ0n) is 11.4. The minimum atomic E-state index is 0.620. The van der Waals surface area contributed by atoms with Gasteiger partial charge in [-0.25, -0.2) is 0 Å². The van der Waals surface area contributed by atoms with Crippen molar-refractivity contribution in [2.24, 2.45) is 17.8 Å². The van der Waals surface area contributed by atoms with Crippen molar-refractivity contribution >= 4 is 0 Å². The lowest BCUT2D eigenvalue weighted by Crippen LogP contribution is -2.31. The Kier molecular flexibility index (Phi) is 4.90. The van der Waals surface area contributed by atoms with Gasteiger partial charge in [-0.2, -0.15) is 0 Å². The summed E-state index contributed by atoms with van der Waals surface area (Å²) in [5.74, 6) is 3.61. The van der Waals surface area contributed by atoms with E-state index in [1.165, 1.54) is 44.3 Å². The van der Waals surface area contributed by atoms with E-state index in [2.05, 4.69) is 25.2 Å². The molecule has 2 rings (SSSR count). The van der Waals surface area contributed by atoms with Gasteiger partial charge in [-0.15, -0.1) is 0 Å². The zero-order chi connectivity index (χ0) is 12.1. The standard InChI is InChI=1S/C15H27NO/c1-12-6-3-4-9-15(12)17-11-16-10-13(2)14-7-5-8-14/h9,12-14,16H,3-8,10-11H2,1-2H3. The van der Waals surface area contributed by atoms with Gasteiger partial charge in [0.15, 0.2) is 0 Å². The summed E-state index contributed by atoms with van der Waals surface area (Å²) in [6, 6.07) is 0. The second-order valence-electron chi connectivity index (χ2n) is 5.85. The summed E-state index contributed by atoms with van der Waals surface area (Å²) in [6.07, 6.45) is 10.4. The Morgan fingerprint density at radius 1 is 1.35 bits per heavy atom. The maximum absolute atomic E-state index is 5.83. The molecule has 2 aliphatic carbocycles. The summed E-state index contributed by atoms with van der Waals surface area (Å²) >= 11 is 0. The molecule has 0 aliphatic heterocycles. The van der Waals surface area contributed by atoms with Crippen molar-refractivity contribution in [1.82, 2.24) is 5.32 Å². The molecule has 2 atom stereocenters. The third kappa shape index (κ3) is 3.74. The lowest BCUT2D eigenvalue weighted by atomic mass is 9.77. The van der Waals surface area contributed by atoms with Gasteiger partial charge in [0, 0.05) is 12.5 Å². The van der Waals surface area contributed by atoms with Crippen LogP contribution in [0.15, 0.2) is 11.8 Å². The average molecular weight is 237 g/mol. The van der Waals surface area contributed by atoms with Crippen molar-refractivity contribution in [3.05, 3.63) is 11.8 Å². The summed E-state index contributed by atoms with van der Waals surface area (Å²) in [4.78, 5) is 0. The van der Waals surface area contributed by atoms with Crippen molar-refractivity contribution in [2.45, 2.75) is 52.4 Å². The minimum Gasteiger partial charge on any atom is -0.483 e. The highest BCUT2D eigenvalue weighted by Gasteiger charge is 2.23. The Labute approximate surface area is 106 Å². The number of allylic oxidation sites excluding steroid dienone is 2. The van der Waals surface area contributed by atoms with Crippen LogP contribution in [-0.2, 0) is 4.74 Å². The quantitative estimate of drug-likeness (QED) is 0.562. The third-order valence-electron chi connectivity index (χ3n) is 4.43. The SMILES string of the molecule is CC1CCCC=C1OCNCC(C)C1CCC1. The van der Waals surface area contributed by atoms with E-state index in [4.69, 9.17) is 4.74 Å². The minimum absolute atomic E-state index is 0.620. The second kappa shape index (κ2) is 6.44. The molecule has 1 fully saturated rings. The molecular formula is C15H27NO. The fraction of sp³-hybridized carbons (Fsp3) is 0.867. The van der Waals surface area contributed by atoms with Crippen LogP contribution in [0.5, 0.6) is 0 Å². The van der Waals surface area contributed by atoms with E-state index >= 15 is 0 Å². The summed E-state index contributed by atoms with van der Waals surface area (Å²) < 4.78 is 5.83. The highest BCUT2D eigenvalue weighted by atomic mass is 16.5. The monoisotopic (exact) mass is 237 g/mol. The molecule has 0 saturated heterocycles. The van der Waals surface area contributed by atoms with E-state index in [1.807, 2.05) is 0 Å². The third-order valence-corrected chi connectivity index (χ3v) is 4.43. The van der Waals surface area contributed by atoms with E-state index in [9.17, 15) is 0 Å². The zero-order valence-corrected chi connectivity index (χ0v) is 11.4. The lowest BCUT2D eigenvalue weighted by molar-refractivity contribution is 0.137. The van der Waals surface area contributed by atoms with Crippen molar-refractivity contribution in [1.29, 1.82) is 0 Å². The number of nitrogens with one attached hydrogen (secondary N) is 1. The summed E-state index contributed by atoms with van der Waals surface area (Å²) in [5, 5.41) is 3.44. The van der Waals surface area contributed by atoms with Crippen LogP contribution in [0, 0.1) is 17.8 Å². The molecule has 0 amide bonds. The first kappa shape index (κ1) is 12.9. The van der Waals surface area contributed by atoms with Gasteiger partial charge in [0.2, 0.25) is 0 Å². The van der Waals surface area contributed by atoms with Crippen molar-refractivity contribution in [2.75, 3.05) is 13.3 Å². The molecule has 2 aliphatic rings. The highest BCUT2D eigenvalue weighted by molar-refractivity contribution is 5.00. The molecule has 0 aromatic heterocycles.